The summed E-state index contributed by atoms with van der Waals surface area (Å²) in [6.07, 6.45) is 2.75. The van der Waals surface area contributed by atoms with E-state index in [-0.39, 0.29) is 30.6 Å². The number of fused-ring (bicyclic) bond motifs is 1. The lowest BCUT2D eigenvalue weighted by molar-refractivity contribution is -0.137. The molecule has 1 aliphatic rings. The molecule has 0 unspecified atom stereocenters. The zero-order valence-corrected chi connectivity index (χ0v) is 23.9. The normalized spacial score (nSPS) is 18.0. The summed E-state index contributed by atoms with van der Waals surface area (Å²) in [6.45, 7) is 4.62. The summed E-state index contributed by atoms with van der Waals surface area (Å²) in [5, 5.41) is 0. The van der Waals surface area contributed by atoms with Crippen LogP contribution in [0.15, 0.2) is 43.1 Å². The Hall–Kier alpha value is -4.30. The van der Waals surface area contributed by atoms with E-state index in [4.69, 9.17) is 21.9 Å². The van der Waals surface area contributed by atoms with Gasteiger partial charge in [0.1, 0.15) is 17.9 Å². The highest BCUT2D eigenvalue weighted by atomic mass is 19.3. The molecule has 6 N–H and O–H groups in total. The minimum absolute atomic E-state index is 0.175. The first-order valence-corrected chi connectivity index (χ1v) is 13.9. The Bertz CT molecular complexity index is 1630. The van der Waals surface area contributed by atoms with Gasteiger partial charge in [-0.05, 0) is 48.6 Å². The predicted octanol–water partition coefficient (Wildman–Crippen LogP) is 3.50. The highest BCUT2D eigenvalue weighted by molar-refractivity contribution is 5.81. The molecule has 2 atom stereocenters. The number of hydrogen-bond acceptors (Lipinski definition) is 10. The molecule has 11 nitrogen and oxygen atoms in total. The molecule has 5 rings (SSSR count). The molecule has 4 heterocycles. The van der Waals surface area contributed by atoms with Crippen LogP contribution in [0.5, 0.6) is 5.75 Å². The molecular formula is C29H34F3N9O2. The first kappa shape index (κ1) is 30.2. The second kappa shape index (κ2) is 12.1. The number of piperidine rings is 1. The van der Waals surface area contributed by atoms with Gasteiger partial charge in [-0.25, -0.2) is 32.9 Å². The van der Waals surface area contributed by atoms with E-state index in [9.17, 15) is 13.6 Å². The van der Waals surface area contributed by atoms with Crippen molar-refractivity contribution in [3.8, 4) is 17.0 Å². The molecule has 3 aromatic heterocycles. The number of aromatic nitrogens is 5. The fraction of sp³-hybridized carbons (Fsp3) is 0.414. The number of alkyl halides is 2. The number of carbonyl (C=O) groups is 1. The number of ether oxygens (including phenoxy) is 1. The number of nitrogen functional groups attached to an aromatic ring is 1. The van der Waals surface area contributed by atoms with Crippen LogP contribution in [0.25, 0.3) is 22.4 Å². The van der Waals surface area contributed by atoms with E-state index in [1.807, 2.05) is 4.90 Å². The van der Waals surface area contributed by atoms with Crippen LogP contribution in [0, 0.1) is 11.7 Å². The Morgan fingerprint density at radius 3 is 2.67 bits per heavy atom. The Morgan fingerprint density at radius 1 is 1.16 bits per heavy atom. The first-order valence-electron chi connectivity index (χ1n) is 13.9. The molecule has 1 aromatic carbocycles. The molecule has 1 fully saturated rings. The van der Waals surface area contributed by atoms with Crippen LogP contribution in [0.1, 0.15) is 38.7 Å². The predicted molar refractivity (Wildman–Crippen MR) is 156 cm³/mol. The van der Waals surface area contributed by atoms with E-state index < -0.39 is 36.2 Å². The summed E-state index contributed by atoms with van der Waals surface area (Å²) in [5.74, 6) is -1.66. The average molecular weight is 598 g/mol. The lowest BCUT2D eigenvalue weighted by Crippen LogP contribution is -2.55. The molecule has 0 aliphatic carbocycles. The van der Waals surface area contributed by atoms with Crippen molar-refractivity contribution in [2.75, 3.05) is 23.7 Å². The second-order valence-electron chi connectivity index (χ2n) is 11.3. The number of hydrogen-bond donors (Lipinski definition) is 3. The summed E-state index contributed by atoms with van der Waals surface area (Å²) in [6, 6.07) is 5.07. The quantitative estimate of drug-likeness (QED) is 0.192. The number of anilines is 2. The number of rotatable bonds is 9. The van der Waals surface area contributed by atoms with Gasteiger partial charge in [-0.2, -0.15) is 0 Å². The van der Waals surface area contributed by atoms with Gasteiger partial charge in [-0.1, -0.05) is 13.8 Å². The maximum absolute atomic E-state index is 15.1. The second-order valence-corrected chi connectivity index (χ2v) is 11.3. The molecule has 4 aromatic rings. The molecule has 43 heavy (non-hydrogen) atoms. The van der Waals surface area contributed by atoms with E-state index in [2.05, 4.69) is 19.9 Å². The van der Waals surface area contributed by atoms with Crippen LogP contribution in [0.3, 0.4) is 0 Å². The molecule has 0 saturated carbocycles. The third-order valence-electron chi connectivity index (χ3n) is 7.67. The summed E-state index contributed by atoms with van der Waals surface area (Å²) in [4.78, 5) is 31.5. The van der Waals surface area contributed by atoms with Crippen LogP contribution in [-0.2, 0) is 11.3 Å². The highest BCUT2D eigenvalue weighted by Gasteiger charge is 2.35. The Balaban J connectivity index is 1.51. The summed E-state index contributed by atoms with van der Waals surface area (Å²) >= 11 is 0. The van der Waals surface area contributed by atoms with Crippen molar-refractivity contribution in [3.05, 3.63) is 54.5 Å². The van der Waals surface area contributed by atoms with Gasteiger partial charge in [0, 0.05) is 30.6 Å². The topological polar surface area (TPSA) is 164 Å². The van der Waals surface area contributed by atoms with E-state index in [1.165, 1.54) is 18.5 Å². The summed E-state index contributed by atoms with van der Waals surface area (Å²) in [7, 11) is 0. The monoisotopic (exact) mass is 597 g/mol. The molecule has 0 radical (unpaired) electrons. The van der Waals surface area contributed by atoms with Gasteiger partial charge in [-0.3, -0.25) is 4.98 Å². The SMILES string of the molecule is CC(C)[C@H](N)C(=O)Oc1ccc(-c2cc(Cn3cnc4c(N)ncnc43)c(N3CCC[C@](N)(CC(F)F)C3)cn2)cc1F. The molecular weight excluding hydrogens is 563 g/mol. The smallest absolute Gasteiger partial charge is 0.328 e. The van der Waals surface area contributed by atoms with Crippen LogP contribution < -0.4 is 26.8 Å². The highest BCUT2D eigenvalue weighted by Crippen LogP contribution is 2.34. The Morgan fingerprint density at radius 2 is 1.95 bits per heavy atom. The number of halogens is 3. The number of carbonyl (C=O) groups excluding carboxylic acids is 1. The molecule has 0 bridgehead atoms. The van der Waals surface area contributed by atoms with Gasteiger partial charge in [0.25, 0.3) is 0 Å². The average Bonchev–Trinajstić information content (AvgIpc) is 3.36. The van der Waals surface area contributed by atoms with Crippen LogP contribution in [0.4, 0.5) is 24.7 Å². The third-order valence-corrected chi connectivity index (χ3v) is 7.67. The molecule has 0 amide bonds. The molecule has 1 saturated heterocycles. The first-order chi connectivity index (χ1) is 20.4. The van der Waals surface area contributed by atoms with E-state index in [1.54, 1.807) is 43.1 Å². The van der Waals surface area contributed by atoms with Gasteiger partial charge in [-0.15, -0.1) is 0 Å². The van der Waals surface area contributed by atoms with Crippen molar-refractivity contribution in [1.29, 1.82) is 0 Å². The molecule has 1 aliphatic heterocycles. The maximum atomic E-state index is 15.1. The van der Waals surface area contributed by atoms with E-state index >= 15 is 4.39 Å². The third kappa shape index (κ3) is 6.54. The number of benzene rings is 1. The van der Waals surface area contributed by atoms with Crippen LogP contribution >= 0.6 is 0 Å². The number of esters is 1. The Labute approximate surface area is 246 Å². The summed E-state index contributed by atoms with van der Waals surface area (Å²) in [5.41, 5.74) is 20.4. The van der Waals surface area contributed by atoms with Crippen molar-refractivity contribution in [2.24, 2.45) is 17.4 Å². The largest absolute Gasteiger partial charge is 0.422 e. The van der Waals surface area contributed by atoms with E-state index in [0.29, 0.717) is 47.5 Å². The number of nitrogens with zero attached hydrogens (tertiary/aromatic N) is 6. The number of imidazole rings is 1. The van der Waals surface area contributed by atoms with Gasteiger partial charge in [0.05, 0.1) is 30.5 Å². The van der Waals surface area contributed by atoms with Crippen molar-refractivity contribution in [1.82, 2.24) is 24.5 Å². The summed E-state index contributed by atoms with van der Waals surface area (Å²) < 4.78 is 48.7. The van der Waals surface area contributed by atoms with Gasteiger partial charge >= 0.3 is 5.97 Å². The maximum Gasteiger partial charge on any atom is 0.328 e. The van der Waals surface area contributed by atoms with E-state index in [0.717, 1.165) is 5.56 Å². The van der Waals surface area contributed by atoms with Crippen molar-refractivity contribution in [3.63, 3.8) is 0 Å². The number of pyridine rings is 1. The molecule has 0 spiro atoms. The van der Waals surface area contributed by atoms with Crippen LogP contribution in [0.2, 0.25) is 0 Å². The fourth-order valence-corrected chi connectivity index (χ4v) is 5.29. The Kier molecular flexibility index (Phi) is 8.51. The van der Waals surface area contributed by atoms with Crippen molar-refractivity contribution < 1.29 is 22.7 Å². The van der Waals surface area contributed by atoms with Crippen LogP contribution in [-0.4, -0.2) is 61.6 Å². The zero-order chi connectivity index (χ0) is 30.9. The zero-order valence-electron chi connectivity index (χ0n) is 23.9. The fourth-order valence-electron chi connectivity index (χ4n) is 5.29. The minimum Gasteiger partial charge on any atom is -0.422 e. The lowest BCUT2D eigenvalue weighted by Gasteiger charge is -2.42. The van der Waals surface area contributed by atoms with Crippen molar-refractivity contribution in [2.45, 2.75) is 57.7 Å². The lowest BCUT2D eigenvalue weighted by atomic mass is 9.86. The number of nitrogens with two attached hydrogens (primary N) is 3. The minimum atomic E-state index is -2.52. The van der Waals surface area contributed by atoms with Gasteiger partial charge in [0.15, 0.2) is 23.0 Å². The standard InChI is InChI=1S/C29H34F3N9O2/c1-16(2)24(33)28(42)43-22-5-4-17(8-19(22)30)20-9-18(12-41-15-39-25-26(34)37-14-38-27(25)41)21(11-36-20)40-7-3-6-29(35,13-40)10-23(31)32/h4-5,8-9,11,14-16,23-24H,3,6-7,10,12-13,33,35H2,1-2H3,(H2,34,37,38)/t24-,29-/m0/s1. The molecule has 14 heteroatoms. The molecule has 228 valence electrons. The van der Waals surface area contributed by atoms with Gasteiger partial charge in [0.2, 0.25) is 6.43 Å². The van der Waals surface area contributed by atoms with Crippen molar-refractivity contribution >= 4 is 28.6 Å². The van der Waals surface area contributed by atoms with Gasteiger partial charge < -0.3 is 31.4 Å².